The van der Waals surface area contributed by atoms with Gasteiger partial charge in [0.15, 0.2) is 17.2 Å². The number of hydrogen-bond acceptors (Lipinski definition) is 9. The summed E-state index contributed by atoms with van der Waals surface area (Å²) in [5.74, 6) is -2.77. The number of carbonyl (C=O) groups excluding carboxylic acids is 3. The highest BCUT2D eigenvalue weighted by Crippen LogP contribution is 2.39. The van der Waals surface area contributed by atoms with Crippen LogP contribution in [0, 0.1) is 0 Å². The van der Waals surface area contributed by atoms with E-state index in [1.165, 1.54) is 14.5 Å². The Kier molecular flexibility index (Phi) is 11.5. The summed E-state index contributed by atoms with van der Waals surface area (Å²) < 4.78 is 82.7. The molecule has 0 bridgehead atoms. The summed E-state index contributed by atoms with van der Waals surface area (Å²) in [4.78, 5) is 45.6. The Labute approximate surface area is 349 Å². The second kappa shape index (κ2) is 16.6. The molecule has 316 valence electrons. The number of fused-ring (bicyclic) bond motifs is 2. The fourth-order valence-corrected chi connectivity index (χ4v) is 7.48. The van der Waals surface area contributed by atoms with Crippen LogP contribution in [0.15, 0.2) is 121 Å². The van der Waals surface area contributed by atoms with Crippen molar-refractivity contribution in [2.75, 3.05) is 18.6 Å². The van der Waals surface area contributed by atoms with E-state index in [1.54, 1.807) is 112 Å². The highest BCUT2D eigenvalue weighted by molar-refractivity contribution is 7.88. The third-order valence-electron chi connectivity index (χ3n) is 9.74. The van der Waals surface area contributed by atoms with E-state index in [2.05, 4.69) is 9.50 Å². The molecule has 0 saturated carbocycles. The Hall–Kier alpha value is -6.88. The lowest BCUT2D eigenvalue weighted by atomic mass is 9.93. The number of carbonyl (C=O) groups is 3. The predicted octanol–water partition coefficient (Wildman–Crippen LogP) is 8.33. The largest absolute Gasteiger partial charge is 0.534 e. The van der Waals surface area contributed by atoms with Gasteiger partial charge in [0.2, 0.25) is 0 Å². The van der Waals surface area contributed by atoms with Crippen molar-refractivity contribution < 1.29 is 49.6 Å². The Balaban J connectivity index is 1.41. The molecule has 0 spiro atoms. The summed E-state index contributed by atoms with van der Waals surface area (Å²) in [6, 6.07) is 32.9. The molecular formula is C44H40F3N5O8S. The first-order chi connectivity index (χ1) is 29.0. The highest BCUT2D eigenvalue weighted by Gasteiger charge is 2.49. The standard InChI is InChI=1S/C44H40F3N5O8S/c1-43(2,3)59-42(55)48-26-32-23-28-15-11-12-16-29(28)27-50(32)40(53)34-24-38(60-61(56,57)44(45,46)47)37(58-4)25-36(34)52-35-22-14-13-21-33(35)39(49-52)41(54)51(30-17-7-5-8-18-30)31-19-9-6-10-20-31/h5-22,24-25,32H,23,26-27H2,1-4H3,(H,48,55)/t32-/m0/s1. The lowest BCUT2D eigenvalue weighted by molar-refractivity contribution is -0.0500. The van der Waals surface area contributed by atoms with E-state index < -0.39 is 56.7 Å². The molecular weight excluding hydrogens is 816 g/mol. The number of para-hydroxylation sites is 3. The van der Waals surface area contributed by atoms with Crippen molar-refractivity contribution in [3.05, 3.63) is 144 Å². The lowest BCUT2D eigenvalue weighted by Crippen LogP contribution is -2.50. The van der Waals surface area contributed by atoms with Crippen molar-refractivity contribution in [3.8, 4) is 17.2 Å². The first-order valence-electron chi connectivity index (χ1n) is 19.0. The average molecular weight is 856 g/mol. The minimum atomic E-state index is -6.26. The maximum atomic E-state index is 15.2. The van der Waals surface area contributed by atoms with Crippen LogP contribution in [0.3, 0.4) is 0 Å². The number of aromatic nitrogens is 2. The quantitative estimate of drug-likeness (QED) is 0.106. The zero-order valence-corrected chi connectivity index (χ0v) is 34.2. The van der Waals surface area contributed by atoms with Crippen LogP contribution < -0.4 is 19.1 Å². The van der Waals surface area contributed by atoms with E-state index in [9.17, 15) is 31.2 Å². The molecule has 7 rings (SSSR count). The van der Waals surface area contributed by atoms with E-state index in [4.69, 9.17) is 14.6 Å². The first kappa shape index (κ1) is 42.3. The summed E-state index contributed by atoms with van der Waals surface area (Å²) in [6.07, 6.45) is -0.482. The SMILES string of the molecule is COc1cc(-n2nc(C(=O)N(c3ccccc3)c3ccccc3)c3ccccc32)c(C(=O)N2Cc3ccccc3C[C@H]2CNC(=O)OC(C)(C)C)cc1OS(=O)(=O)C(F)(F)F. The Morgan fingerprint density at radius 2 is 1.41 bits per heavy atom. The topological polar surface area (TPSA) is 149 Å². The molecule has 6 aromatic rings. The van der Waals surface area contributed by atoms with Crippen molar-refractivity contribution in [1.82, 2.24) is 20.0 Å². The molecule has 1 atom stereocenters. The first-order valence-corrected chi connectivity index (χ1v) is 20.4. The van der Waals surface area contributed by atoms with Gasteiger partial charge in [-0.1, -0.05) is 78.9 Å². The van der Waals surface area contributed by atoms with Crippen LogP contribution in [-0.2, 0) is 27.8 Å². The van der Waals surface area contributed by atoms with Crippen LogP contribution in [0.4, 0.5) is 29.3 Å². The Morgan fingerprint density at radius 3 is 2.02 bits per heavy atom. The molecule has 0 radical (unpaired) electrons. The number of anilines is 2. The maximum Gasteiger partial charge on any atom is 0.534 e. The molecule has 61 heavy (non-hydrogen) atoms. The third-order valence-corrected chi connectivity index (χ3v) is 10.7. The number of amides is 3. The zero-order valence-electron chi connectivity index (χ0n) is 33.3. The molecule has 1 aliphatic rings. The number of nitrogens with zero attached hydrogens (tertiary/aromatic N) is 4. The van der Waals surface area contributed by atoms with Gasteiger partial charge in [0.05, 0.1) is 29.9 Å². The van der Waals surface area contributed by atoms with Crippen LogP contribution in [0.5, 0.6) is 11.5 Å². The fourth-order valence-electron chi connectivity index (χ4n) is 7.01. The smallest absolute Gasteiger partial charge is 0.493 e. The van der Waals surface area contributed by atoms with E-state index in [1.807, 2.05) is 18.2 Å². The third kappa shape index (κ3) is 8.87. The number of methoxy groups -OCH3 is 1. The summed E-state index contributed by atoms with van der Waals surface area (Å²) in [5, 5.41) is 7.84. The molecule has 3 amide bonds. The van der Waals surface area contributed by atoms with E-state index in [0.717, 1.165) is 30.4 Å². The maximum absolute atomic E-state index is 15.2. The fraction of sp³-hybridized carbons (Fsp3) is 0.227. The Morgan fingerprint density at radius 1 is 0.820 bits per heavy atom. The van der Waals surface area contributed by atoms with Gasteiger partial charge >= 0.3 is 21.7 Å². The highest BCUT2D eigenvalue weighted by atomic mass is 32.2. The number of benzene rings is 5. The molecule has 0 saturated heterocycles. The van der Waals surface area contributed by atoms with Gasteiger partial charge in [0.1, 0.15) is 5.60 Å². The molecule has 13 nitrogen and oxygen atoms in total. The number of alkyl halides is 3. The molecule has 1 N–H and O–H groups in total. The number of rotatable bonds is 10. The average Bonchev–Trinajstić information content (AvgIpc) is 3.61. The van der Waals surface area contributed by atoms with Crippen molar-refractivity contribution in [2.24, 2.45) is 0 Å². The summed E-state index contributed by atoms with van der Waals surface area (Å²) in [6.45, 7) is 4.99. The predicted molar refractivity (Wildman–Crippen MR) is 221 cm³/mol. The number of nitrogens with one attached hydrogen (secondary N) is 1. The van der Waals surface area contributed by atoms with Crippen molar-refractivity contribution in [2.45, 2.75) is 50.9 Å². The molecule has 2 heterocycles. The van der Waals surface area contributed by atoms with E-state index >= 15 is 4.79 Å². The van der Waals surface area contributed by atoms with Crippen LogP contribution in [0.1, 0.15) is 52.7 Å². The van der Waals surface area contributed by atoms with Crippen molar-refractivity contribution >= 4 is 50.3 Å². The summed E-state index contributed by atoms with van der Waals surface area (Å²) in [7, 11) is -5.17. The van der Waals surface area contributed by atoms with Crippen LogP contribution in [0.2, 0.25) is 0 Å². The second-order valence-corrected chi connectivity index (χ2v) is 16.6. The van der Waals surface area contributed by atoms with Crippen molar-refractivity contribution in [1.29, 1.82) is 0 Å². The Bertz CT molecular complexity index is 2680. The van der Waals surface area contributed by atoms with Crippen LogP contribution >= 0.6 is 0 Å². The lowest BCUT2D eigenvalue weighted by Gasteiger charge is -2.37. The van der Waals surface area contributed by atoms with E-state index in [0.29, 0.717) is 22.3 Å². The summed E-state index contributed by atoms with van der Waals surface area (Å²) >= 11 is 0. The van der Waals surface area contributed by atoms with Gasteiger partial charge in [-0.2, -0.15) is 26.7 Å². The van der Waals surface area contributed by atoms with Gasteiger partial charge in [-0.05, 0) is 68.7 Å². The molecule has 5 aromatic carbocycles. The van der Waals surface area contributed by atoms with Gasteiger partial charge in [0.25, 0.3) is 11.8 Å². The number of hydrogen-bond donors (Lipinski definition) is 1. The number of halogens is 3. The van der Waals surface area contributed by atoms with Crippen molar-refractivity contribution in [3.63, 3.8) is 0 Å². The van der Waals surface area contributed by atoms with Gasteiger partial charge < -0.3 is 23.9 Å². The van der Waals surface area contributed by atoms with Gasteiger partial charge in [-0.25, -0.2) is 9.48 Å². The molecule has 0 unspecified atom stereocenters. The minimum absolute atomic E-state index is 0.00904. The van der Waals surface area contributed by atoms with Gasteiger partial charge in [-0.15, -0.1) is 0 Å². The zero-order chi connectivity index (χ0) is 43.7. The molecule has 1 aromatic heterocycles. The minimum Gasteiger partial charge on any atom is -0.493 e. The molecule has 1 aliphatic heterocycles. The number of alkyl carbamates (subject to hydrolysis) is 1. The van der Waals surface area contributed by atoms with Crippen LogP contribution in [0.25, 0.3) is 16.6 Å². The number of ether oxygens (including phenoxy) is 2. The van der Waals surface area contributed by atoms with Crippen LogP contribution in [-0.4, -0.2) is 71.8 Å². The second-order valence-electron chi connectivity index (χ2n) is 15.0. The molecule has 17 heteroatoms. The monoisotopic (exact) mass is 855 g/mol. The molecule has 0 aliphatic carbocycles. The normalized spacial score (nSPS) is 14.2. The van der Waals surface area contributed by atoms with Gasteiger partial charge in [0, 0.05) is 42.0 Å². The summed E-state index contributed by atoms with van der Waals surface area (Å²) in [5.41, 5.74) is -4.13. The molecule has 0 fully saturated rings. The van der Waals surface area contributed by atoms with E-state index in [-0.39, 0.29) is 36.5 Å². The van der Waals surface area contributed by atoms with Gasteiger partial charge in [-0.3, -0.25) is 14.5 Å².